The van der Waals surface area contributed by atoms with Gasteiger partial charge in [-0.05, 0) is 130 Å². The number of unbranched alkanes of at least 4 members (excludes halogenated alkanes) is 3. The summed E-state index contributed by atoms with van der Waals surface area (Å²) in [5.41, 5.74) is 4.35. The van der Waals surface area contributed by atoms with Crippen LogP contribution in [-0.2, 0) is 16.3 Å². The molecule has 1 aliphatic heterocycles. The summed E-state index contributed by atoms with van der Waals surface area (Å²) in [6.45, 7) is 1.77. The number of halogens is 7. The van der Waals surface area contributed by atoms with Gasteiger partial charge in [0.05, 0.1) is 11.5 Å². The molecule has 1 fully saturated rings. The molecule has 0 bridgehead atoms. The molecular formula is C35H44F7NO3S. The maximum absolute atomic E-state index is 14.9. The number of phenols is 1. The molecule has 0 radical (unpaired) electrons. The number of likely N-dealkylation sites (tertiary alicyclic amines) is 1. The quantitative estimate of drug-likeness (QED) is 0.141. The maximum atomic E-state index is 14.9. The van der Waals surface area contributed by atoms with Gasteiger partial charge in [0.2, 0.25) is 0 Å². The van der Waals surface area contributed by atoms with Crippen LogP contribution in [0.2, 0.25) is 0 Å². The molecular weight excluding hydrogens is 647 g/mol. The van der Waals surface area contributed by atoms with Crippen molar-refractivity contribution in [3.8, 4) is 5.75 Å². The molecule has 0 spiro atoms. The average molecular weight is 692 g/mol. The zero-order valence-electron chi connectivity index (χ0n) is 26.5. The number of rotatable bonds is 16. The molecule has 1 atom stereocenters. The summed E-state index contributed by atoms with van der Waals surface area (Å²) in [6.07, 6.45) is 1.36. The summed E-state index contributed by atoms with van der Waals surface area (Å²) >= 11 is 0. The molecule has 262 valence electrons. The zero-order chi connectivity index (χ0) is 34.2. The Kier molecular flexibility index (Phi) is 12.8. The van der Waals surface area contributed by atoms with Crippen molar-refractivity contribution in [3.63, 3.8) is 0 Å². The molecule has 2 aliphatic rings. The molecule has 0 saturated carbocycles. The van der Waals surface area contributed by atoms with E-state index in [1.807, 2.05) is 0 Å². The second-order valence-corrected chi connectivity index (χ2v) is 15.1. The summed E-state index contributed by atoms with van der Waals surface area (Å²) in [6, 6.07) is 9.77. The first kappa shape index (κ1) is 37.2. The Labute approximate surface area is 273 Å². The van der Waals surface area contributed by atoms with Crippen LogP contribution < -0.4 is 0 Å². The lowest BCUT2D eigenvalue weighted by molar-refractivity contribution is -0.284. The molecule has 1 unspecified atom stereocenters. The van der Waals surface area contributed by atoms with Crippen molar-refractivity contribution in [1.82, 2.24) is 4.90 Å². The molecule has 4 rings (SSSR count). The van der Waals surface area contributed by atoms with E-state index in [0.29, 0.717) is 31.2 Å². The van der Waals surface area contributed by atoms with Crippen molar-refractivity contribution in [3.05, 3.63) is 64.7 Å². The Balaban J connectivity index is 1.24. The molecule has 4 nitrogen and oxygen atoms in total. The van der Waals surface area contributed by atoms with E-state index in [9.17, 15) is 44.3 Å². The van der Waals surface area contributed by atoms with Crippen molar-refractivity contribution in [1.29, 1.82) is 0 Å². The highest BCUT2D eigenvalue weighted by Gasteiger charge is 2.56. The first-order valence-electron chi connectivity index (χ1n) is 16.6. The summed E-state index contributed by atoms with van der Waals surface area (Å²) in [4.78, 5) is 2.35. The fourth-order valence-corrected chi connectivity index (χ4v) is 8.32. The van der Waals surface area contributed by atoms with Gasteiger partial charge in [0.25, 0.3) is 0 Å². The predicted octanol–water partition coefficient (Wildman–Crippen LogP) is 9.51. The van der Waals surface area contributed by atoms with E-state index in [4.69, 9.17) is 0 Å². The van der Waals surface area contributed by atoms with Crippen LogP contribution in [0.15, 0.2) is 36.4 Å². The second kappa shape index (κ2) is 16.2. The van der Waals surface area contributed by atoms with Gasteiger partial charge >= 0.3 is 12.1 Å². The summed E-state index contributed by atoms with van der Waals surface area (Å²) < 4.78 is 116. The van der Waals surface area contributed by atoms with Gasteiger partial charge in [-0.2, -0.15) is 22.0 Å². The zero-order valence-corrected chi connectivity index (χ0v) is 27.4. The minimum Gasteiger partial charge on any atom is -0.505 e. The highest BCUT2D eigenvalue weighted by molar-refractivity contribution is 7.91. The highest BCUT2D eigenvalue weighted by atomic mass is 32.2. The average Bonchev–Trinajstić information content (AvgIpc) is 3.35. The molecule has 2 aromatic carbocycles. The molecule has 47 heavy (non-hydrogen) atoms. The summed E-state index contributed by atoms with van der Waals surface area (Å²) in [5.74, 6) is -7.05. The largest absolute Gasteiger partial charge is 0.505 e. The van der Waals surface area contributed by atoms with E-state index in [2.05, 4.69) is 4.90 Å². The predicted molar refractivity (Wildman–Crippen MR) is 170 cm³/mol. The number of alkyl halides is 5. The van der Waals surface area contributed by atoms with E-state index in [1.54, 1.807) is 18.2 Å². The van der Waals surface area contributed by atoms with E-state index in [1.165, 1.54) is 18.2 Å². The van der Waals surface area contributed by atoms with E-state index in [-0.39, 0.29) is 23.4 Å². The minimum atomic E-state index is -5.68. The Morgan fingerprint density at radius 1 is 0.830 bits per heavy atom. The Hall–Kier alpha value is -2.60. The van der Waals surface area contributed by atoms with Gasteiger partial charge in [0, 0.05) is 12.5 Å². The van der Waals surface area contributed by atoms with Crippen molar-refractivity contribution in [2.45, 2.75) is 108 Å². The third-order valence-corrected chi connectivity index (χ3v) is 11.3. The van der Waals surface area contributed by atoms with Gasteiger partial charge in [-0.15, -0.1) is 0 Å². The van der Waals surface area contributed by atoms with Crippen LogP contribution in [-0.4, -0.2) is 61.2 Å². The SMILES string of the molecule is O=S(=O)(CCCC1CCCN1CCCCCCC1=C(c2ccc(F)cc2)CCCc2c1ccc(O)c2F)CCCC(F)(F)C(F)(F)F. The number of aromatic hydroxyl groups is 1. The number of hydrogen-bond donors (Lipinski definition) is 1. The molecule has 1 saturated heterocycles. The number of phenolic OH excluding ortho intramolecular Hbond substituents is 1. The monoisotopic (exact) mass is 691 g/mol. The van der Waals surface area contributed by atoms with Gasteiger partial charge in [-0.3, -0.25) is 0 Å². The molecule has 0 aromatic heterocycles. The molecule has 12 heteroatoms. The lowest BCUT2D eigenvalue weighted by Gasteiger charge is -2.24. The number of hydrogen-bond acceptors (Lipinski definition) is 4. The fourth-order valence-electron chi connectivity index (χ4n) is 6.93. The molecule has 2 aromatic rings. The number of nitrogens with zero attached hydrogens (tertiary/aromatic N) is 1. The standard InChI is InChI=1S/C35H44F7NO3S/c36-26-16-14-25(15-17-26)28-12-5-13-31-30(18-19-32(44)33(31)37)29(28)11-3-1-2-4-21-43-22-6-9-27(43)10-7-23-47(45,46)24-8-20-34(38,39)35(40,41)42/h14-19,27,44H,1-13,20-24H2. The van der Waals surface area contributed by atoms with Gasteiger partial charge in [0.1, 0.15) is 15.7 Å². The fraction of sp³-hybridized carbons (Fsp3) is 0.600. The lowest BCUT2D eigenvalue weighted by atomic mass is 9.89. The third kappa shape index (κ3) is 10.2. The molecule has 1 aliphatic carbocycles. The van der Waals surface area contributed by atoms with Crippen LogP contribution in [0.4, 0.5) is 30.7 Å². The van der Waals surface area contributed by atoms with Crippen LogP contribution in [0.1, 0.15) is 100 Å². The lowest BCUT2D eigenvalue weighted by Crippen LogP contribution is -2.36. The minimum absolute atomic E-state index is 0.219. The normalized spacial score (nSPS) is 18.1. The molecule has 0 amide bonds. The van der Waals surface area contributed by atoms with Crippen LogP contribution in [0, 0.1) is 11.6 Å². The van der Waals surface area contributed by atoms with Crippen molar-refractivity contribution < 1.29 is 44.3 Å². The van der Waals surface area contributed by atoms with Crippen molar-refractivity contribution >= 4 is 21.0 Å². The van der Waals surface area contributed by atoms with Gasteiger partial charge in [-0.1, -0.05) is 31.0 Å². The first-order chi connectivity index (χ1) is 22.2. The Morgan fingerprint density at radius 2 is 1.53 bits per heavy atom. The van der Waals surface area contributed by atoms with Crippen LogP contribution in [0.25, 0.3) is 11.1 Å². The van der Waals surface area contributed by atoms with Gasteiger partial charge < -0.3 is 10.0 Å². The Bertz CT molecular complexity index is 1470. The van der Waals surface area contributed by atoms with Crippen molar-refractivity contribution in [2.75, 3.05) is 24.6 Å². The molecule has 1 heterocycles. The van der Waals surface area contributed by atoms with Crippen molar-refractivity contribution in [2.24, 2.45) is 0 Å². The van der Waals surface area contributed by atoms with Gasteiger partial charge in [0.15, 0.2) is 11.6 Å². The van der Waals surface area contributed by atoms with E-state index < -0.39 is 46.3 Å². The van der Waals surface area contributed by atoms with Crippen LogP contribution in [0.3, 0.4) is 0 Å². The van der Waals surface area contributed by atoms with Crippen LogP contribution >= 0.6 is 0 Å². The first-order valence-corrected chi connectivity index (χ1v) is 18.4. The van der Waals surface area contributed by atoms with Gasteiger partial charge in [-0.25, -0.2) is 17.2 Å². The highest BCUT2D eigenvalue weighted by Crippen LogP contribution is 2.41. The summed E-state index contributed by atoms with van der Waals surface area (Å²) in [7, 11) is -3.72. The smallest absolute Gasteiger partial charge is 0.453 e. The molecule has 1 N–H and O–H groups in total. The third-order valence-electron chi connectivity index (χ3n) is 9.43. The summed E-state index contributed by atoms with van der Waals surface area (Å²) in [5, 5.41) is 9.99. The number of allylic oxidation sites excluding steroid dienone is 2. The number of sulfone groups is 1. The topological polar surface area (TPSA) is 57.6 Å². The van der Waals surface area contributed by atoms with Crippen LogP contribution in [0.5, 0.6) is 5.75 Å². The van der Waals surface area contributed by atoms with E-state index in [0.717, 1.165) is 86.7 Å². The Morgan fingerprint density at radius 3 is 2.26 bits per heavy atom. The number of fused-ring (bicyclic) bond motifs is 1. The van der Waals surface area contributed by atoms with E-state index >= 15 is 0 Å². The number of benzene rings is 2. The maximum Gasteiger partial charge on any atom is 0.453 e. The second-order valence-electron chi connectivity index (χ2n) is 12.8.